The average Bonchev–Trinajstić information content (AvgIpc) is 3.07. The number of pyridine rings is 2. The van der Waals surface area contributed by atoms with Crippen LogP contribution in [0.15, 0.2) is 48.9 Å². The molecule has 162 valence electrons. The Balaban J connectivity index is 0.000000318. The van der Waals surface area contributed by atoms with Crippen LogP contribution in [0.4, 0.5) is 13.2 Å². The molecule has 7 nitrogen and oxygen atoms in total. The fourth-order valence-corrected chi connectivity index (χ4v) is 3.59. The second kappa shape index (κ2) is 9.86. The smallest absolute Gasteiger partial charge is 0.475 e. The number of hydrogen-bond donors (Lipinski definition) is 1. The van der Waals surface area contributed by atoms with Crippen LogP contribution in [0.5, 0.6) is 5.88 Å². The van der Waals surface area contributed by atoms with Crippen molar-refractivity contribution in [1.82, 2.24) is 14.9 Å². The molecule has 2 aliphatic rings. The number of carboxylic acids is 1. The van der Waals surface area contributed by atoms with Crippen LogP contribution in [0.25, 0.3) is 0 Å². The number of hydrogen-bond acceptors (Lipinski definition) is 6. The molecule has 30 heavy (non-hydrogen) atoms. The van der Waals surface area contributed by atoms with Gasteiger partial charge in [0.2, 0.25) is 5.88 Å². The summed E-state index contributed by atoms with van der Waals surface area (Å²) in [6.07, 6.45) is 2.86. The highest BCUT2D eigenvalue weighted by molar-refractivity contribution is 5.73. The first-order valence-electron chi connectivity index (χ1n) is 9.47. The maximum absolute atomic E-state index is 10.6. The Morgan fingerprint density at radius 1 is 1.27 bits per heavy atom. The van der Waals surface area contributed by atoms with Crippen molar-refractivity contribution in [3.63, 3.8) is 0 Å². The zero-order valence-electron chi connectivity index (χ0n) is 16.0. The number of alkyl halides is 3. The Labute approximate surface area is 171 Å². The minimum atomic E-state index is -5.08. The molecule has 4 heterocycles. The lowest BCUT2D eigenvalue weighted by Gasteiger charge is -2.32. The van der Waals surface area contributed by atoms with E-state index in [0.717, 1.165) is 32.5 Å². The second-order valence-corrected chi connectivity index (χ2v) is 6.96. The van der Waals surface area contributed by atoms with Gasteiger partial charge in [-0.25, -0.2) is 9.78 Å². The van der Waals surface area contributed by atoms with Crippen LogP contribution in [0.1, 0.15) is 18.4 Å². The first-order valence-corrected chi connectivity index (χ1v) is 9.47. The van der Waals surface area contributed by atoms with Crippen molar-refractivity contribution in [3.05, 3.63) is 54.5 Å². The number of nitrogens with zero attached hydrogens (tertiary/aromatic N) is 3. The van der Waals surface area contributed by atoms with E-state index in [2.05, 4.69) is 20.9 Å². The van der Waals surface area contributed by atoms with Crippen LogP contribution in [0, 0.1) is 0 Å². The van der Waals surface area contributed by atoms with E-state index in [1.807, 2.05) is 36.7 Å². The third kappa shape index (κ3) is 5.90. The Morgan fingerprint density at radius 2 is 2.07 bits per heavy atom. The predicted octanol–water partition coefficient (Wildman–Crippen LogP) is 2.92. The molecule has 0 unspecified atom stereocenters. The Hall–Kier alpha value is -2.72. The van der Waals surface area contributed by atoms with Gasteiger partial charge in [0.05, 0.1) is 0 Å². The predicted molar refractivity (Wildman–Crippen MR) is 99.8 cm³/mol. The van der Waals surface area contributed by atoms with Gasteiger partial charge in [0.1, 0.15) is 12.2 Å². The highest BCUT2D eigenvalue weighted by Gasteiger charge is 2.45. The molecule has 4 rings (SSSR count). The van der Waals surface area contributed by atoms with Crippen LogP contribution in [0.2, 0.25) is 0 Å². The zero-order chi connectivity index (χ0) is 21.6. The highest BCUT2D eigenvalue weighted by atomic mass is 19.4. The van der Waals surface area contributed by atoms with E-state index in [1.165, 1.54) is 5.56 Å². The number of ether oxygens (including phenoxy) is 2. The van der Waals surface area contributed by atoms with Crippen molar-refractivity contribution in [2.24, 2.45) is 0 Å². The SMILES string of the molecule is O=C(O)C(F)(F)F.c1ccc(O[C@H]2CN(Cc3cccnc3)[C@@H]3CCCO[C@H]23)nc1. The van der Waals surface area contributed by atoms with Gasteiger partial charge in [0.25, 0.3) is 0 Å². The van der Waals surface area contributed by atoms with Crippen molar-refractivity contribution in [2.45, 2.75) is 43.8 Å². The van der Waals surface area contributed by atoms with Gasteiger partial charge in [-0.3, -0.25) is 9.88 Å². The maximum Gasteiger partial charge on any atom is 0.490 e. The largest absolute Gasteiger partial charge is 0.490 e. The van der Waals surface area contributed by atoms with E-state index in [0.29, 0.717) is 11.9 Å². The number of carbonyl (C=O) groups is 1. The molecule has 2 aromatic heterocycles. The lowest BCUT2D eigenvalue weighted by Crippen LogP contribution is -2.42. The minimum Gasteiger partial charge on any atom is -0.475 e. The Morgan fingerprint density at radius 3 is 2.70 bits per heavy atom. The monoisotopic (exact) mass is 425 g/mol. The number of likely N-dealkylation sites (tertiary alicyclic amines) is 1. The second-order valence-electron chi connectivity index (χ2n) is 6.96. The molecule has 0 aliphatic carbocycles. The lowest BCUT2D eigenvalue weighted by atomic mass is 10.0. The molecular formula is C20H22F3N3O4. The van der Waals surface area contributed by atoms with Gasteiger partial charge in [-0.15, -0.1) is 0 Å². The van der Waals surface area contributed by atoms with E-state index < -0.39 is 12.1 Å². The quantitative estimate of drug-likeness (QED) is 0.806. The topological polar surface area (TPSA) is 84.8 Å². The fourth-order valence-electron chi connectivity index (χ4n) is 3.59. The number of aliphatic carboxylic acids is 1. The molecule has 2 aromatic rings. The number of fused-ring (bicyclic) bond motifs is 1. The van der Waals surface area contributed by atoms with Gasteiger partial charge in [-0.1, -0.05) is 12.1 Å². The molecule has 0 radical (unpaired) electrons. The van der Waals surface area contributed by atoms with Gasteiger partial charge in [-0.2, -0.15) is 13.2 Å². The Bertz CT molecular complexity index is 752. The fraction of sp³-hybridized carbons (Fsp3) is 0.450. The van der Waals surface area contributed by atoms with E-state index >= 15 is 0 Å². The third-order valence-electron chi connectivity index (χ3n) is 4.84. The minimum absolute atomic E-state index is 0.0341. The highest BCUT2D eigenvalue weighted by Crippen LogP contribution is 2.32. The Kier molecular flexibility index (Phi) is 7.22. The lowest BCUT2D eigenvalue weighted by molar-refractivity contribution is -0.192. The van der Waals surface area contributed by atoms with Crippen molar-refractivity contribution in [1.29, 1.82) is 0 Å². The zero-order valence-corrected chi connectivity index (χ0v) is 16.0. The number of aromatic nitrogens is 2. The van der Waals surface area contributed by atoms with Gasteiger partial charge < -0.3 is 14.6 Å². The molecule has 0 bridgehead atoms. The normalized spacial score (nSPS) is 23.8. The summed E-state index contributed by atoms with van der Waals surface area (Å²) in [6, 6.07) is 10.3. The molecular weight excluding hydrogens is 403 g/mol. The summed E-state index contributed by atoms with van der Waals surface area (Å²) in [7, 11) is 0. The molecule has 0 saturated carbocycles. The van der Waals surface area contributed by atoms with Crippen molar-refractivity contribution >= 4 is 5.97 Å². The van der Waals surface area contributed by atoms with E-state index in [-0.39, 0.29) is 12.2 Å². The molecule has 0 spiro atoms. The summed E-state index contributed by atoms with van der Waals surface area (Å²) in [5, 5.41) is 7.12. The maximum atomic E-state index is 10.6. The first kappa shape index (κ1) is 22.0. The van der Waals surface area contributed by atoms with Gasteiger partial charge in [-0.05, 0) is 30.5 Å². The molecule has 2 fully saturated rings. The summed E-state index contributed by atoms with van der Waals surface area (Å²) in [5.74, 6) is -2.08. The summed E-state index contributed by atoms with van der Waals surface area (Å²) >= 11 is 0. The summed E-state index contributed by atoms with van der Waals surface area (Å²) in [6.45, 7) is 2.57. The number of carboxylic acid groups (broad SMARTS) is 1. The van der Waals surface area contributed by atoms with Gasteiger partial charge in [0.15, 0.2) is 0 Å². The van der Waals surface area contributed by atoms with Crippen LogP contribution in [-0.2, 0) is 16.1 Å². The molecule has 10 heteroatoms. The van der Waals surface area contributed by atoms with Gasteiger partial charge >= 0.3 is 12.1 Å². The van der Waals surface area contributed by atoms with Crippen molar-refractivity contribution < 1.29 is 32.5 Å². The van der Waals surface area contributed by atoms with Gasteiger partial charge in [0, 0.05) is 50.4 Å². The molecule has 0 aromatic carbocycles. The van der Waals surface area contributed by atoms with E-state index in [4.69, 9.17) is 19.4 Å². The summed E-state index contributed by atoms with van der Waals surface area (Å²) in [4.78, 5) is 19.9. The van der Waals surface area contributed by atoms with Crippen molar-refractivity contribution in [2.75, 3.05) is 13.2 Å². The standard InChI is InChI=1S/C18H21N3O2.C2HF3O2/c1-2-9-20-17(7-1)23-16-13-21(12-14-5-3-8-19-11-14)15-6-4-10-22-18(15)16;3-2(4,5)1(6)7/h1-3,5,7-9,11,15-16,18H,4,6,10,12-13H2;(H,6,7)/t15-,16+,18+;/m1./s1. The molecule has 3 atom stereocenters. The summed E-state index contributed by atoms with van der Waals surface area (Å²) in [5.41, 5.74) is 1.23. The summed E-state index contributed by atoms with van der Waals surface area (Å²) < 4.78 is 43.9. The number of rotatable bonds is 4. The molecule has 2 aliphatic heterocycles. The molecule has 2 saturated heterocycles. The van der Waals surface area contributed by atoms with E-state index in [9.17, 15) is 13.2 Å². The molecule has 1 N–H and O–H groups in total. The van der Waals surface area contributed by atoms with Crippen LogP contribution >= 0.6 is 0 Å². The van der Waals surface area contributed by atoms with Crippen LogP contribution < -0.4 is 4.74 Å². The van der Waals surface area contributed by atoms with Crippen LogP contribution in [0.3, 0.4) is 0 Å². The first-order chi connectivity index (χ1) is 14.3. The van der Waals surface area contributed by atoms with E-state index in [1.54, 1.807) is 6.20 Å². The van der Waals surface area contributed by atoms with Crippen molar-refractivity contribution in [3.8, 4) is 5.88 Å². The number of halogens is 3. The van der Waals surface area contributed by atoms with Crippen LogP contribution in [-0.4, -0.2) is 63.5 Å². The average molecular weight is 425 g/mol. The third-order valence-corrected chi connectivity index (χ3v) is 4.84. The molecule has 0 amide bonds.